The van der Waals surface area contributed by atoms with Gasteiger partial charge in [0.05, 0.1) is 24.7 Å². The number of benzene rings is 1. The molecule has 244 valence electrons. The predicted octanol–water partition coefficient (Wildman–Crippen LogP) is 4.99. The molecule has 11 nitrogen and oxygen atoms in total. The number of aromatic nitrogens is 2. The number of nitrogens with one attached hydrogen (secondary N) is 1. The second kappa shape index (κ2) is 12.3. The van der Waals surface area contributed by atoms with Crippen molar-refractivity contribution in [2.75, 3.05) is 13.7 Å². The van der Waals surface area contributed by atoms with E-state index in [1.54, 1.807) is 20.1 Å². The number of carboxylic acid groups (broad SMARTS) is 1. The number of carboxylic acids is 1. The number of alkyl carbamates (subject to hydrolysis) is 1. The molecule has 2 amide bonds. The third-order valence-electron chi connectivity index (χ3n) is 10.5. The maximum atomic E-state index is 14.2. The van der Waals surface area contributed by atoms with E-state index in [0.29, 0.717) is 41.3 Å². The Labute approximate surface area is 264 Å². The number of amides is 2. The molecule has 2 N–H and O–H groups in total. The zero-order valence-corrected chi connectivity index (χ0v) is 27.0. The quantitative estimate of drug-likeness (QED) is 0.474. The molecule has 1 aromatic heterocycles. The van der Waals surface area contributed by atoms with E-state index in [1.165, 1.54) is 17.7 Å². The van der Waals surface area contributed by atoms with Crippen LogP contribution in [0.15, 0.2) is 18.2 Å². The Bertz CT molecular complexity index is 1450. The van der Waals surface area contributed by atoms with Gasteiger partial charge in [0.15, 0.2) is 0 Å². The first-order chi connectivity index (χ1) is 21.4. The van der Waals surface area contributed by atoms with E-state index in [2.05, 4.69) is 5.32 Å². The summed E-state index contributed by atoms with van der Waals surface area (Å²) >= 11 is 0. The highest BCUT2D eigenvalue weighted by Crippen LogP contribution is 2.51. The Morgan fingerprint density at radius 2 is 1.82 bits per heavy atom. The summed E-state index contributed by atoms with van der Waals surface area (Å²) in [6.45, 7) is 7.38. The van der Waals surface area contributed by atoms with Crippen LogP contribution < -0.4 is 14.8 Å². The number of aryl methyl sites for hydroxylation is 1. The monoisotopic (exact) mass is 622 g/mol. The number of methoxy groups -OCH3 is 1. The first-order valence-corrected chi connectivity index (χ1v) is 16.4. The van der Waals surface area contributed by atoms with Crippen molar-refractivity contribution in [2.45, 2.75) is 103 Å². The van der Waals surface area contributed by atoms with E-state index in [0.717, 1.165) is 43.3 Å². The van der Waals surface area contributed by atoms with Crippen molar-refractivity contribution in [1.29, 1.82) is 0 Å². The molecule has 2 aromatic rings. The number of carbonyl (C=O) groups excluding carboxylic acids is 2. The fourth-order valence-electron chi connectivity index (χ4n) is 7.92. The van der Waals surface area contributed by atoms with Crippen LogP contribution in [0.3, 0.4) is 0 Å². The molecule has 3 heterocycles. The number of hydrogen-bond donors (Lipinski definition) is 2. The number of ether oxygens (including phenoxy) is 3. The molecule has 11 heteroatoms. The standard InChI is InChI=1S/C34H46N4O7/c1-18-27-17-38(28(18)32(40)41)31(39)29(34(2,3)4)37-33(42)45-26-15-19-13-20(14-19)22(26)9-7-6-8-10-24-30(44-27)36-25-16-21(43-5)11-12-23(25)35-24/h11-12,16,18-20,22,26-29H,6-10,13-15,17H2,1-5H3,(H,37,42)(H,40,41)/t18-,19?,20?,22-,26-,27+,28+,29-/m1/s1. The normalized spacial score (nSPS) is 32.5. The topological polar surface area (TPSA) is 140 Å². The average Bonchev–Trinajstić information content (AvgIpc) is 3.29. The fraction of sp³-hybridized carbons (Fsp3) is 0.676. The lowest BCUT2D eigenvalue weighted by molar-refractivity contribution is -0.151. The van der Waals surface area contributed by atoms with Gasteiger partial charge in [0, 0.05) is 12.0 Å². The Morgan fingerprint density at radius 3 is 2.53 bits per heavy atom. The number of hydrogen-bond acceptors (Lipinski definition) is 8. The van der Waals surface area contributed by atoms with Crippen molar-refractivity contribution >= 4 is 29.0 Å². The molecule has 1 aromatic carbocycles. The van der Waals surface area contributed by atoms with Crippen LogP contribution in [0.2, 0.25) is 0 Å². The molecule has 4 bridgehead atoms. The smallest absolute Gasteiger partial charge is 0.408 e. The fourth-order valence-corrected chi connectivity index (χ4v) is 7.92. The lowest BCUT2D eigenvalue weighted by atomic mass is 9.58. The highest BCUT2D eigenvalue weighted by molar-refractivity contribution is 5.90. The predicted molar refractivity (Wildman–Crippen MR) is 166 cm³/mol. The second-order valence-electron chi connectivity index (χ2n) is 14.6. The summed E-state index contributed by atoms with van der Waals surface area (Å²) in [6, 6.07) is 3.40. The average molecular weight is 623 g/mol. The number of carbonyl (C=O) groups is 3. The van der Waals surface area contributed by atoms with Crippen molar-refractivity contribution in [1.82, 2.24) is 20.2 Å². The van der Waals surface area contributed by atoms with E-state index < -0.39 is 47.5 Å². The summed E-state index contributed by atoms with van der Waals surface area (Å²) < 4.78 is 18.0. The van der Waals surface area contributed by atoms with Crippen LogP contribution in [-0.4, -0.2) is 75.9 Å². The largest absolute Gasteiger partial charge is 0.497 e. The van der Waals surface area contributed by atoms with Crippen LogP contribution in [0.1, 0.15) is 78.3 Å². The van der Waals surface area contributed by atoms with E-state index in [4.69, 9.17) is 24.2 Å². The van der Waals surface area contributed by atoms with Crippen molar-refractivity contribution in [3.05, 3.63) is 23.9 Å². The van der Waals surface area contributed by atoms with Gasteiger partial charge in [-0.15, -0.1) is 0 Å². The van der Waals surface area contributed by atoms with E-state index in [9.17, 15) is 19.5 Å². The maximum Gasteiger partial charge on any atom is 0.408 e. The third kappa shape index (κ3) is 6.27. The van der Waals surface area contributed by atoms with Crippen LogP contribution in [0.25, 0.3) is 11.0 Å². The minimum atomic E-state index is -1.14. The molecule has 7 rings (SSSR count). The first-order valence-electron chi connectivity index (χ1n) is 16.4. The summed E-state index contributed by atoms with van der Waals surface area (Å²) in [5.74, 6) is 0.313. The Balaban J connectivity index is 1.36. The Hall–Kier alpha value is -3.63. The zero-order chi connectivity index (χ0) is 32.0. The van der Waals surface area contributed by atoms with Gasteiger partial charge >= 0.3 is 12.1 Å². The molecule has 3 aliphatic carbocycles. The number of fused-ring (bicyclic) bond motifs is 4. The van der Waals surface area contributed by atoms with Crippen LogP contribution >= 0.6 is 0 Å². The lowest BCUT2D eigenvalue weighted by Gasteiger charge is -2.50. The van der Waals surface area contributed by atoms with E-state index >= 15 is 0 Å². The van der Waals surface area contributed by atoms with Crippen molar-refractivity contribution in [3.8, 4) is 11.6 Å². The Kier molecular flexibility index (Phi) is 8.56. The minimum absolute atomic E-state index is 0.0333. The van der Waals surface area contributed by atoms with Gasteiger partial charge in [0.1, 0.15) is 35.7 Å². The molecule has 0 spiro atoms. The highest BCUT2D eigenvalue weighted by atomic mass is 16.6. The van der Waals surface area contributed by atoms with Gasteiger partial charge in [-0.2, -0.15) is 0 Å². The molecule has 0 unspecified atom stereocenters. The number of rotatable bonds is 2. The SMILES string of the molecule is COc1ccc2nc3c(nc2c1)O[C@H]1CN(C(=O)[C@H](C(C)(C)C)NC(=O)O[C@@H]2CC4CC(C4)[C@H]2CCCCC3)[C@H](C(=O)O)[C@@H]1C. The van der Waals surface area contributed by atoms with Gasteiger partial charge in [0.25, 0.3) is 0 Å². The van der Waals surface area contributed by atoms with Crippen molar-refractivity contribution < 1.29 is 33.7 Å². The molecule has 3 saturated carbocycles. The molecule has 2 aliphatic heterocycles. The van der Waals surface area contributed by atoms with Gasteiger partial charge in [-0.3, -0.25) is 4.79 Å². The summed E-state index contributed by atoms with van der Waals surface area (Å²) in [5.41, 5.74) is 1.36. The van der Waals surface area contributed by atoms with Gasteiger partial charge in [-0.05, 0) is 73.8 Å². The minimum Gasteiger partial charge on any atom is -0.497 e. The van der Waals surface area contributed by atoms with Crippen molar-refractivity contribution in [2.24, 2.45) is 29.1 Å². The molecule has 5 aliphatic rings. The van der Waals surface area contributed by atoms with Gasteiger partial charge in [0.2, 0.25) is 11.8 Å². The van der Waals surface area contributed by atoms with Crippen LogP contribution in [-0.2, 0) is 20.7 Å². The van der Waals surface area contributed by atoms with Crippen LogP contribution in [0.5, 0.6) is 11.6 Å². The maximum absolute atomic E-state index is 14.2. The van der Waals surface area contributed by atoms with Gasteiger partial charge in [-0.1, -0.05) is 40.5 Å². The molecule has 1 saturated heterocycles. The summed E-state index contributed by atoms with van der Waals surface area (Å²) in [6.07, 6.45) is 6.33. The first kappa shape index (κ1) is 31.4. The molecule has 45 heavy (non-hydrogen) atoms. The number of aliphatic carboxylic acids is 1. The molecule has 6 atom stereocenters. The zero-order valence-electron chi connectivity index (χ0n) is 27.0. The molecule has 4 fully saturated rings. The van der Waals surface area contributed by atoms with Crippen LogP contribution in [0.4, 0.5) is 4.79 Å². The van der Waals surface area contributed by atoms with Gasteiger partial charge < -0.3 is 29.5 Å². The number of nitrogens with zero attached hydrogens (tertiary/aromatic N) is 3. The third-order valence-corrected chi connectivity index (χ3v) is 10.5. The van der Waals surface area contributed by atoms with Gasteiger partial charge in [-0.25, -0.2) is 19.6 Å². The van der Waals surface area contributed by atoms with E-state index in [-0.39, 0.29) is 12.6 Å². The molecular weight excluding hydrogens is 576 g/mol. The van der Waals surface area contributed by atoms with Crippen molar-refractivity contribution in [3.63, 3.8) is 0 Å². The lowest BCUT2D eigenvalue weighted by Crippen LogP contribution is -2.58. The van der Waals surface area contributed by atoms with Crippen LogP contribution in [0, 0.1) is 29.1 Å². The molecular formula is C34H46N4O7. The Morgan fingerprint density at radius 1 is 1.04 bits per heavy atom. The second-order valence-corrected chi connectivity index (χ2v) is 14.6. The highest BCUT2D eigenvalue weighted by Gasteiger charge is 2.51. The summed E-state index contributed by atoms with van der Waals surface area (Å²) in [7, 11) is 1.59. The van der Waals surface area contributed by atoms with E-state index in [1.807, 2.05) is 32.9 Å². The summed E-state index contributed by atoms with van der Waals surface area (Å²) in [5, 5.41) is 13.2. The molecule has 0 radical (unpaired) electrons. The summed E-state index contributed by atoms with van der Waals surface area (Å²) in [4.78, 5) is 51.3.